The quantitative estimate of drug-likeness (QED) is 0.723. The average molecular weight is 369 g/mol. The van der Waals surface area contributed by atoms with Gasteiger partial charge in [-0.25, -0.2) is 4.79 Å². The van der Waals surface area contributed by atoms with E-state index in [9.17, 15) is 14.4 Å². The fourth-order valence-corrected chi connectivity index (χ4v) is 3.13. The Morgan fingerprint density at radius 3 is 2.56 bits per heavy atom. The summed E-state index contributed by atoms with van der Waals surface area (Å²) in [6.07, 6.45) is 2.29. The number of urea groups is 1. The van der Waals surface area contributed by atoms with E-state index in [4.69, 9.17) is 5.73 Å². The maximum atomic E-state index is 12.6. The summed E-state index contributed by atoms with van der Waals surface area (Å²) >= 11 is 0. The highest BCUT2D eigenvalue weighted by atomic mass is 16.2. The van der Waals surface area contributed by atoms with Crippen LogP contribution in [0.1, 0.15) is 16.8 Å². The second kappa shape index (κ2) is 8.05. The predicted octanol–water partition coefficient (Wildman–Crippen LogP) is 0.308. The van der Waals surface area contributed by atoms with Crippen molar-refractivity contribution in [2.45, 2.75) is 18.5 Å². The van der Waals surface area contributed by atoms with E-state index in [0.717, 1.165) is 0 Å². The van der Waals surface area contributed by atoms with Crippen LogP contribution in [-0.4, -0.2) is 53.6 Å². The van der Waals surface area contributed by atoms with E-state index < -0.39 is 0 Å². The van der Waals surface area contributed by atoms with Gasteiger partial charge in [-0.05, 0) is 36.8 Å². The Bertz CT molecular complexity index is 877. The van der Waals surface area contributed by atoms with Gasteiger partial charge in [0.1, 0.15) is 0 Å². The number of hydrogen-bond acceptors (Lipinski definition) is 4. The van der Waals surface area contributed by atoms with Gasteiger partial charge in [0.05, 0.1) is 6.04 Å². The van der Waals surface area contributed by atoms with Gasteiger partial charge < -0.3 is 21.3 Å². The van der Waals surface area contributed by atoms with Crippen molar-refractivity contribution in [1.29, 1.82) is 0 Å². The molecule has 3 amide bonds. The molecule has 4 N–H and O–H groups in total. The van der Waals surface area contributed by atoms with Gasteiger partial charge in [-0.15, -0.1) is 0 Å². The summed E-state index contributed by atoms with van der Waals surface area (Å²) in [6.45, 7) is 0.928. The van der Waals surface area contributed by atoms with Crippen molar-refractivity contribution >= 4 is 11.9 Å². The molecule has 1 saturated heterocycles. The third kappa shape index (κ3) is 4.17. The van der Waals surface area contributed by atoms with Crippen LogP contribution in [0.5, 0.6) is 0 Å². The van der Waals surface area contributed by atoms with Crippen molar-refractivity contribution in [3.63, 3.8) is 0 Å². The number of carbonyl (C=O) groups is 2. The van der Waals surface area contributed by atoms with Crippen LogP contribution in [0, 0.1) is 0 Å². The lowest BCUT2D eigenvalue weighted by molar-refractivity contribution is 0.0899. The normalized spacial score (nSPS) is 19.4. The van der Waals surface area contributed by atoms with Crippen molar-refractivity contribution < 1.29 is 9.59 Å². The minimum Gasteiger partial charge on any atom is -0.346 e. The molecule has 2 unspecified atom stereocenters. The number of hydrogen-bond donors (Lipinski definition) is 3. The first kappa shape index (κ1) is 18.7. The molecule has 1 aliphatic heterocycles. The van der Waals surface area contributed by atoms with Gasteiger partial charge in [-0.2, -0.15) is 0 Å². The number of amides is 3. The molecule has 3 rings (SSSR count). The smallest absolute Gasteiger partial charge is 0.317 e. The van der Waals surface area contributed by atoms with Crippen molar-refractivity contribution in [3.8, 4) is 5.69 Å². The Hall–Kier alpha value is -3.13. The first-order chi connectivity index (χ1) is 13.0. The Morgan fingerprint density at radius 1 is 1.15 bits per heavy atom. The molecule has 2 aromatic rings. The summed E-state index contributed by atoms with van der Waals surface area (Å²) in [6, 6.07) is 11.0. The number of pyridine rings is 1. The Balaban J connectivity index is 1.70. The van der Waals surface area contributed by atoms with E-state index in [1.165, 1.54) is 10.6 Å². The summed E-state index contributed by atoms with van der Waals surface area (Å²) in [7, 11) is 1.57. The molecule has 1 aliphatic rings. The largest absolute Gasteiger partial charge is 0.346 e. The Labute approximate surface area is 157 Å². The lowest BCUT2D eigenvalue weighted by Gasteiger charge is -2.36. The lowest BCUT2D eigenvalue weighted by Crippen LogP contribution is -2.60. The van der Waals surface area contributed by atoms with Gasteiger partial charge in [0.15, 0.2) is 0 Å². The zero-order valence-corrected chi connectivity index (χ0v) is 15.1. The number of aromatic nitrogens is 1. The van der Waals surface area contributed by atoms with Crippen molar-refractivity contribution in [1.82, 2.24) is 20.1 Å². The third-order valence-electron chi connectivity index (χ3n) is 4.71. The first-order valence-electron chi connectivity index (χ1n) is 8.81. The summed E-state index contributed by atoms with van der Waals surface area (Å²) in [4.78, 5) is 37.9. The molecule has 0 aliphatic carbocycles. The van der Waals surface area contributed by atoms with Crippen LogP contribution in [0.3, 0.4) is 0 Å². The van der Waals surface area contributed by atoms with Crippen LogP contribution in [0.2, 0.25) is 0 Å². The van der Waals surface area contributed by atoms with Gasteiger partial charge in [-0.3, -0.25) is 14.2 Å². The van der Waals surface area contributed by atoms with Gasteiger partial charge in [0.2, 0.25) is 0 Å². The second-order valence-corrected chi connectivity index (χ2v) is 6.49. The van der Waals surface area contributed by atoms with E-state index in [1.807, 2.05) is 0 Å². The topological polar surface area (TPSA) is 109 Å². The van der Waals surface area contributed by atoms with Crippen LogP contribution >= 0.6 is 0 Å². The summed E-state index contributed by atoms with van der Waals surface area (Å²) < 4.78 is 1.50. The van der Waals surface area contributed by atoms with Crippen molar-refractivity contribution in [2.75, 3.05) is 20.1 Å². The number of carbonyl (C=O) groups excluding carboxylic acids is 2. The summed E-state index contributed by atoms with van der Waals surface area (Å²) in [5.41, 5.74) is 7.12. The zero-order chi connectivity index (χ0) is 19.4. The number of likely N-dealkylation sites (tertiary alicyclic amines) is 1. The van der Waals surface area contributed by atoms with Crippen LogP contribution in [0.15, 0.2) is 53.5 Å². The molecule has 1 fully saturated rings. The van der Waals surface area contributed by atoms with Crippen molar-refractivity contribution in [3.05, 3.63) is 64.6 Å². The van der Waals surface area contributed by atoms with Crippen LogP contribution < -0.4 is 21.9 Å². The lowest BCUT2D eigenvalue weighted by atomic mass is 10.00. The maximum absolute atomic E-state index is 12.6. The molecule has 8 heteroatoms. The van der Waals surface area contributed by atoms with Gasteiger partial charge in [0, 0.05) is 49.7 Å². The minimum absolute atomic E-state index is 0.142. The number of benzene rings is 1. The number of nitrogens with zero attached hydrogens (tertiary/aromatic N) is 2. The maximum Gasteiger partial charge on any atom is 0.317 e. The van der Waals surface area contributed by atoms with E-state index in [-0.39, 0.29) is 29.6 Å². The minimum atomic E-state index is -0.319. The second-order valence-electron chi connectivity index (χ2n) is 6.49. The molecule has 2 heterocycles. The van der Waals surface area contributed by atoms with E-state index in [2.05, 4.69) is 10.6 Å². The highest BCUT2D eigenvalue weighted by Gasteiger charge is 2.30. The molecule has 142 valence electrons. The van der Waals surface area contributed by atoms with E-state index in [0.29, 0.717) is 30.8 Å². The fourth-order valence-electron chi connectivity index (χ4n) is 3.13. The molecule has 0 bridgehead atoms. The molecule has 0 radical (unpaired) electrons. The monoisotopic (exact) mass is 369 g/mol. The molecule has 0 spiro atoms. The van der Waals surface area contributed by atoms with Gasteiger partial charge >= 0.3 is 6.03 Å². The van der Waals surface area contributed by atoms with Gasteiger partial charge in [-0.1, -0.05) is 6.07 Å². The molecule has 1 aromatic carbocycles. The Kier molecular flexibility index (Phi) is 5.56. The summed E-state index contributed by atoms with van der Waals surface area (Å²) in [5, 5.41) is 5.50. The summed E-state index contributed by atoms with van der Waals surface area (Å²) in [5.74, 6) is -0.263. The van der Waals surface area contributed by atoms with E-state index >= 15 is 0 Å². The first-order valence-corrected chi connectivity index (χ1v) is 8.81. The number of nitrogens with one attached hydrogen (secondary N) is 2. The average Bonchev–Trinajstić information content (AvgIpc) is 2.69. The third-order valence-corrected chi connectivity index (χ3v) is 4.71. The molecule has 8 nitrogen and oxygen atoms in total. The van der Waals surface area contributed by atoms with Crippen molar-refractivity contribution in [2.24, 2.45) is 5.73 Å². The molecular formula is C19H23N5O3. The Morgan fingerprint density at radius 2 is 1.89 bits per heavy atom. The molecule has 1 aromatic heterocycles. The number of piperidine rings is 1. The molecule has 2 atom stereocenters. The molecular weight excluding hydrogens is 346 g/mol. The molecule has 0 saturated carbocycles. The highest BCUT2D eigenvalue weighted by Crippen LogP contribution is 2.12. The standard InChI is InChI=1S/C19H23N5O3/c1-21-19(27)23-11-9-15(20)16(12-23)22-18(26)13-5-7-14(8-6-13)24-10-3-2-4-17(24)25/h2-8,10,15-16H,9,11-12,20H2,1H3,(H,21,27)(H,22,26). The predicted molar refractivity (Wildman–Crippen MR) is 102 cm³/mol. The number of rotatable bonds is 3. The fraction of sp³-hybridized carbons (Fsp3) is 0.316. The zero-order valence-electron chi connectivity index (χ0n) is 15.1. The van der Waals surface area contributed by atoms with Crippen LogP contribution in [0.25, 0.3) is 5.69 Å². The molecule has 27 heavy (non-hydrogen) atoms. The number of nitrogens with two attached hydrogens (primary N) is 1. The van der Waals surface area contributed by atoms with Gasteiger partial charge in [0.25, 0.3) is 11.5 Å². The SMILES string of the molecule is CNC(=O)N1CCC(N)C(NC(=O)c2ccc(-n3ccccc3=O)cc2)C1. The van der Waals surface area contributed by atoms with Crippen LogP contribution in [0.4, 0.5) is 4.79 Å². The van der Waals surface area contributed by atoms with E-state index in [1.54, 1.807) is 54.5 Å². The van der Waals surface area contributed by atoms with Crippen LogP contribution in [-0.2, 0) is 0 Å². The highest BCUT2D eigenvalue weighted by molar-refractivity contribution is 5.94.